The van der Waals surface area contributed by atoms with E-state index < -0.39 is 29.6 Å². The van der Waals surface area contributed by atoms with E-state index in [2.05, 4.69) is 51.3 Å². The smallest absolute Gasteiger partial charge is 0.333 e. The quantitative estimate of drug-likeness (QED) is 0.0829. The molecule has 0 spiro atoms. The molecule has 2 aliphatic heterocycles. The highest BCUT2D eigenvalue weighted by Gasteiger charge is 2.31. The molecule has 2 fully saturated rings. The zero-order chi connectivity index (χ0) is 40.4. The first-order valence-corrected chi connectivity index (χ1v) is 22.2. The van der Waals surface area contributed by atoms with Crippen LogP contribution in [-0.2, 0) is 43.5 Å². The van der Waals surface area contributed by atoms with Crippen molar-refractivity contribution >= 4 is 70.9 Å². The fourth-order valence-electron chi connectivity index (χ4n) is 5.82. The molecule has 300 valence electrons. The van der Waals surface area contributed by atoms with E-state index in [1.807, 2.05) is 27.7 Å². The van der Waals surface area contributed by atoms with Gasteiger partial charge in [0.2, 0.25) is 0 Å². The number of thioether (sulfide) groups is 4. The summed E-state index contributed by atoms with van der Waals surface area (Å²) in [7, 11) is 0. The zero-order valence-corrected chi connectivity index (χ0v) is 36.2. The van der Waals surface area contributed by atoms with E-state index in [-0.39, 0.29) is 58.7 Å². The molecule has 55 heavy (non-hydrogen) atoms. The Morgan fingerprint density at radius 1 is 0.618 bits per heavy atom. The fourth-order valence-corrected chi connectivity index (χ4v) is 10.9. The van der Waals surface area contributed by atoms with Gasteiger partial charge >= 0.3 is 23.9 Å². The van der Waals surface area contributed by atoms with Crippen LogP contribution in [0, 0.1) is 27.7 Å². The van der Waals surface area contributed by atoms with Gasteiger partial charge in [0.25, 0.3) is 0 Å². The van der Waals surface area contributed by atoms with Gasteiger partial charge in [0.15, 0.2) is 12.2 Å². The highest BCUT2D eigenvalue weighted by atomic mass is 32.2. The SMILES string of the molecule is C=C(C)C(=O)OCC(COc1c(C)cc(C(C)(C)c2cc(C)c(OCC(COC(=O)C3SCCS3)OC(=O)C(=C)C)c(C)c2)cc1C)OC(=O)C1SCCS1. The van der Waals surface area contributed by atoms with Crippen LogP contribution in [0.2, 0.25) is 0 Å². The molecule has 2 aliphatic rings. The molecule has 2 unspecified atom stereocenters. The van der Waals surface area contributed by atoms with E-state index in [1.54, 1.807) is 60.9 Å². The third-order valence-corrected chi connectivity index (χ3v) is 14.8. The summed E-state index contributed by atoms with van der Waals surface area (Å²) in [6.07, 6.45) is -1.61. The van der Waals surface area contributed by atoms with Crippen molar-refractivity contribution in [3.63, 3.8) is 0 Å². The number of benzene rings is 2. The Morgan fingerprint density at radius 3 is 1.42 bits per heavy atom. The lowest BCUT2D eigenvalue weighted by atomic mass is 9.76. The summed E-state index contributed by atoms with van der Waals surface area (Å²) in [5, 5.41) is 0. The second kappa shape index (κ2) is 20.3. The van der Waals surface area contributed by atoms with Gasteiger partial charge in [0.05, 0.1) is 0 Å². The molecule has 4 rings (SSSR count). The molecular weight excluding hydrogens is 781 g/mol. The minimum atomic E-state index is -0.815. The highest BCUT2D eigenvalue weighted by Crippen LogP contribution is 2.39. The molecule has 14 heteroatoms. The Hall–Kier alpha value is -3.20. The van der Waals surface area contributed by atoms with Crippen LogP contribution in [0.1, 0.15) is 61.1 Å². The molecule has 0 saturated carbocycles. The fraction of sp³-hybridized carbons (Fsp3) is 0.512. The highest BCUT2D eigenvalue weighted by molar-refractivity contribution is 8.21. The number of esters is 4. The Morgan fingerprint density at radius 2 is 1.00 bits per heavy atom. The molecule has 0 aliphatic carbocycles. The third-order valence-electron chi connectivity index (χ3n) is 8.88. The number of ether oxygens (including phenoxy) is 6. The topological polar surface area (TPSA) is 124 Å². The van der Waals surface area contributed by atoms with Crippen LogP contribution in [0.3, 0.4) is 0 Å². The molecule has 0 radical (unpaired) electrons. The largest absolute Gasteiger partial charge is 0.489 e. The number of aryl methyl sites for hydroxylation is 4. The van der Waals surface area contributed by atoms with E-state index in [4.69, 9.17) is 28.4 Å². The predicted octanol–water partition coefficient (Wildman–Crippen LogP) is 7.68. The van der Waals surface area contributed by atoms with Crippen LogP contribution in [0.5, 0.6) is 11.5 Å². The summed E-state index contributed by atoms with van der Waals surface area (Å²) in [5.74, 6) is 3.04. The first-order chi connectivity index (χ1) is 26.0. The first-order valence-electron chi connectivity index (χ1n) is 18.0. The lowest BCUT2D eigenvalue weighted by Gasteiger charge is -2.30. The minimum absolute atomic E-state index is 0.00355. The second-order valence-electron chi connectivity index (χ2n) is 14.1. The van der Waals surface area contributed by atoms with Gasteiger partial charge in [-0.25, -0.2) is 19.2 Å². The maximum absolute atomic E-state index is 12.8. The zero-order valence-electron chi connectivity index (χ0n) is 32.9. The maximum atomic E-state index is 12.8. The molecular formula is C41H52O10S4. The van der Waals surface area contributed by atoms with Crippen molar-refractivity contribution in [1.29, 1.82) is 0 Å². The van der Waals surface area contributed by atoms with Gasteiger partial charge in [-0.2, -0.15) is 0 Å². The summed E-state index contributed by atoms with van der Waals surface area (Å²) >= 11 is 6.18. The average Bonchev–Trinajstić information content (AvgIpc) is 3.87. The molecule has 2 aromatic rings. The molecule has 2 saturated heterocycles. The lowest BCUT2D eigenvalue weighted by Crippen LogP contribution is -2.33. The van der Waals surface area contributed by atoms with Crippen LogP contribution < -0.4 is 9.47 Å². The van der Waals surface area contributed by atoms with E-state index in [9.17, 15) is 19.2 Å². The van der Waals surface area contributed by atoms with Gasteiger partial charge in [0, 0.05) is 39.6 Å². The standard InChI is InChI=1S/C41H52O10S4/c1-23(2)35(42)48-21-32(51-38(45)40-54-13-14-55-40)20-47-34-27(7)17-30(18-28(34)8)41(9,10)29-15-25(5)33(26(6)16-29)46-19-31(50-36(43)24(3)4)22-49-37(44)39-52-11-12-53-39/h15-18,31-32,39-40H,1,3,11-14,19-22H2,2,4-10H3. The van der Waals surface area contributed by atoms with Crippen molar-refractivity contribution in [2.75, 3.05) is 49.4 Å². The second-order valence-corrected chi connectivity index (χ2v) is 19.6. The van der Waals surface area contributed by atoms with Gasteiger partial charge in [-0.05, 0) is 74.9 Å². The van der Waals surface area contributed by atoms with E-state index >= 15 is 0 Å². The molecule has 2 atom stereocenters. The lowest BCUT2D eigenvalue weighted by molar-refractivity contribution is -0.157. The molecule has 2 aromatic carbocycles. The van der Waals surface area contributed by atoms with Gasteiger partial charge in [-0.15, -0.1) is 47.0 Å². The molecule has 2 heterocycles. The number of carbonyl (C=O) groups is 4. The normalized spacial score (nSPS) is 15.9. The molecule has 0 N–H and O–H groups in total. The van der Waals surface area contributed by atoms with E-state index in [0.29, 0.717) is 11.5 Å². The van der Waals surface area contributed by atoms with E-state index in [0.717, 1.165) is 56.4 Å². The number of hydrogen-bond donors (Lipinski definition) is 0. The molecule has 0 aromatic heterocycles. The Kier molecular flexibility index (Phi) is 16.4. The Balaban J connectivity index is 1.46. The molecule has 10 nitrogen and oxygen atoms in total. The number of carbonyl (C=O) groups excluding carboxylic acids is 4. The van der Waals surface area contributed by atoms with Crippen molar-refractivity contribution < 1.29 is 47.6 Å². The van der Waals surface area contributed by atoms with E-state index in [1.165, 1.54) is 0 Å². The molecule has 0 bridgehead atoms. The average molecular weight is 833 g/mol. The minimum Gasteiger partial charge on any atom is -0.489 e. The van der Waals surface area contributed by atoms with Crippen LogP contribution in [0.15, 0.2) is 48.6 Å². The van der Waals surface area contributed by atoms with Crippen molar-refractivity contribution in [1.82, 2.24) is 0 Å². The first kappa shape index (κ1) is 44.5. The van der Waals surface area contributed by atoms with Gasteiger partial charge in [-0.3, -0.25) is 0 Å². The van der Waals surface area contributed by atoms with Crippen molar-refractivity contribution in [3.05, 3.63) is 82.0 Å². The van der Waals surface area contributed by atoms with Gasteiger partial charge in [0.1, 0.15) is 47.1 Å². The summed E-state index contributed by atoms with van der Waals surface area (Å²) in [4.78, 5) is 49.9. The van der Waals surface area contributed by atoms with Crippen LogP contribution in [-0.4, -0.2) is 94.7 Å². The summed E-state index contributed by atoms with van der Waals surface area (Å²) in [5.41, 5.74) is 5.84. The van der Waals surface area contributed by atoms with Crippen LogP contribution in [0.25, 0.3) is 0 Å². The number of hydrogen-bond acceptors (Lipinski definition) is 14. The van der Waals surface area contributed by atoms with Crippen LogP contribution in [0.4, 0.5) is 0 Å². The van der Waals surface area contributed by atoms with Gasteiger partial charge < -0.3 is 28.4 Å². The predicted molar refractivity (Wildman–Crippen MR) is 224 cm³/mol. The monoisotopic (exact) mass is 832 g/mol. The summed E-state index contributed by atoms with van der Waals surface area (Å²) in [6.45, 7) is 22.4. The third kappa shape index (κ3) is 12.4. The Labute approximate surface area is 342 Å². The number of rotatable bonds is 18. The maximum Gasteiger partial charge on any atom is 0.333 e. The van der Waals surface area contributed by atoms with Crippen molar-refractivity contribution in [2.24, 2.45) is 0 Å². The summed E-state index contributed by atoms with van der Waals surface area (Å²) in [6, 6.07) is 8.37. The van der Waals surface area contributed by atoms with Crippen molar-refractivity contribution in [2.45, 2.75) is 82.2 Å². The van der Waals surface area contributed by atoms with Crippen molar-refractivity contribution in [3.8, 4) is 11.5 Å². The Bertz CT molecular complexity index is 1710. The summed E-state index contributed by atoms with van der Waals surface area (Å²) < 4.78 is 34.1. The van der Waals surface area contributed by atoms with Crippen LogP contribution >= 0.6 is 47.0 Å². The van der Waals surface area contributed by atoms with Gasteiger partial charge in [-0.1, -0.05) is 51.3 Å². The molecule has 0 amide bonds.